The number of fused-ring (bicyclic) bond motifs is 1. The zero-order valence-electron chi connectivity index (χ0n) is 13.7. The first-order valence-corrected chi connectivity index (χ1v) is 11.7. The number of anilines is 1. The summed E-state index contributed by atoms with van der Waals surface area (Å²) in [5, 5.41) is 0.683. The maximum atomic E-state index is 14.4. The number of benzene rings is 2. The van der Waals surface area contributed by atoms with Gasteiger partial charge in [0, 0.05) is 10.2 Å². The first kappa shape index (κ1) is 18.0. The number of amidine groups is 1. The molecule has 2 aliphatic rings. The number of sulfone groups is 1. The second-order valence-corrected chi connectivity index (χ2v) is 10.4. The number of nitrogens with zero attached hydrogens (tertiary/aromatic N) is 2. The van der Waals surface area contributed by atoms with Crippen LogP contribution in [0.3, 0.4) is 0 Å². The maximum absolute atomic E-state index is 14.4. The highest BCUT2D eigenvalue weighted by molar-refractivity contribution is 9.10. The minimum absolute atomic E-state index is 0.0118. The largest absolute Gasteiger partial charge is 0.312 e. The van der Waals surface area contributed by atoms with Gasteiger partial charge in [-0.05, 0) is 29.8 Å². The van der Waals surface area contributed by atoms with Crippen molar-refractivity contribution < 1.29 is 12.8 Å². The average molecular weight is 455 g/mol. The van der Waals surface area contributed by atoms with E-state index in [1.807, 2.05) is 24.3 Å². The molecule has 0 saturated carbocycles. The molecule has 0 amide bonds. The molecule has 2 heterocycles. The van der Waals surface area contributed by atoms with E-state index < -0.39 is 9.84 Å². The molecule has 4 rings (SSSR count). The Morgan fingerprint density at radius 2 is 1.88 bits per heavy atom. The molecule has 0 radical (unpaired) electrons. The van der Waals surface area contributed by atoms with Crippen LogP contribution in [0.2, 0.25) is 0 Å². The third kappa shape index (κ3) is 3.54. The Hall–Kier alpha value is -1.38. The molecule has 1 fully saturated rings. The summed E-state index contributed by atoms with van der Waals surface area (Å²) < 4.78 is 39.5. The second-order valence-electron chi connectivity index (χ2n) is 6.36. The molecule has 8 heteroatoms. The molecule has 1 saturated heterocycles. The van der Waals surface area contributed by atoms with E-state index in [4.69, 9.17) is 0 Å². The fraction of sp³-hybridized carbons (Fsp3) is 0.278. The molecule has 0 unspecified atom stereocenters. The predicted molar refractivity (Wildman–Crippen MR) is 108 cm³/mol. The van der Waals surface area contributed by atoms with E-state index in [0.29, 0.717) is 16.6 Å². The van der Waals surface area contributed by atoms with Gasteiger partial charge in [-0.2, -0.15) is 0 Å². The van der Waals surface area contributed by atoms with Gasteiger partial charge >= 0.3 is 0 Å². The van der Waals surface area contributed by atoms with E-state index in [9.17, 15) is 12.8 Å². The number of thioether (sulfide) groups is 1. The molecule has 0 N–H and O–H groups in total. The Morgan fingerprint density at radius 3 is 2.62 bits per heavy atom. The molecule has 2 aromatic rings. The van der Waals surface area contributed by atoms with E-state index in [1.54, 1.807) is 23.1 Å². The molecule has 2 aliphatic heterocycles. The lowest BCUT2D eigenvalue weighted by molar-refractivity contribution is 0.600. The Bertz CT molecular complexity index is 963. The summed E-state index contributed by atoms with van der Waals surface area (Å²) in [7, 11) is -3.14. The Kier molecular flexibility index (Phi) is 4.83. The Balaban J connectivity index is 1.63. The molecule has 136 valence electrons. The Labute approximate surface area is 164 Å². The van der Waals surface area contributed by atoms with Crippen molar-refractivity contribution in [1.29, 1.82) is 0 Å². The van der Waals surface area contributed by atoms with Crippen LogP contribution >= 0.6 is 27.7 Å². The van der Waals surface area contributed by atoms with Crippen molar-refractivity contribution in [3.63, 3.8) is 0 Å². The van der Waals surface area contributed by atoms with Crippen molar-refractivity contribution in [3.8, 4) is 0 Å². The van der Waals surface area contributed by atoms with Crippen molar-refractivity contribution in [2.45, 2.75) is 17.8 Å². The van der Waals surface area contributed by atoms with Gasteiger partial charge in [-0.1, -0.05) is 52.0 Å². The summed E-state index contributed by atoms with van der Waals surface area (Å²) in [6.07, 6.45) is 0. The van der Waals surface area contributed by atoms with Gasteiger partial charge in [0.05, 0.1) is 29.3 Å². The molecule has 0 aromatic heterocycles. The fourth-order valence-corrected chi connectivity index (χ4v) is 6.47. The summed E-state index contributed by atoms with van der Waals surface area (Å²) >= 11 is 4.93. The summed E-state index contributed by atoms with van der Waals surface area (Å²) in [5.41, 5.74) is 1.51. The number of hydrogen-bond donors (Lipinski definition) is 0. The van der Waals surface area contributed by atoms with Crippen LogP contribution in [-0.2, 0) is 15.6 Å². The second kappa shape index (κ2) is 6.98. The average Bonchev–Trinajstić information content (AvgIpc) is 3.06. The molecule has 26 heavy (non-hydrogen) atoms. The molecule has 2 atom stereocenters. The van der Waals surface area contributed by atoms with Gasteiger partial charge < -0.3 is 4.90 Å². The number of halogens is 2. The molecular formula is C18H16BrFN2O2S2. The smallest absolute Gasteiger partial charge is 0.164 e. The fourth-order valence-electron chi connectivity index (χ4n) is 3.29. The van der Waals surface area contributed by atoms with Crippen molar-refractivity contribution in [2.75, 3.05) is 16.4 Å². The Morgan fingerprint density at radius 1 is 1.15 bits per heavy atom. The lowest BCUT2D eigenvalue weighted by Crippen LogP contribution is -2.39. The molecule has 4 nitrogen and oxygen atoms in total. The summed E-state index contributed by atoms with van der Waals surface area (Å²) in [4.78, 5) is 6.40. The number of para-hydroxylation sites is 1. The van der Waals surface area contributed by atoms with Gasteiger partial charge in [0.2, 0.25) is 0 Å². The van der Waals surface area contributed by atoms with Crippen LogP contribution in [0.15, 0.2) is 58.0 Å². The first-order valence-electron chi connectivity index (χ1n) is 8.12. The standard InChI is InChI=1S/C18H16BrFN2O2S2/c19-13-7-5-12(6-8-13)9-25-18-21-15-10-26(23,24)11-17(15)22(18)16-4-2-1-3-14(16)20/h1-8,15,17H,9-11H2/t15-,17+/m0/s1. The number of hydrogen-bond acceptors (Lipinski definition) is 5. The van der Waals surface area contributed by atoms with E-state index >= 15 is 0 Å². The van der Waals surface area contributed by atoms with Crippen LogP contribution in [0.25, 0.3) is 0 Å². The zero-order chi connectivity index (χ0) is 18.3. The van der Waals surface area contributed by atoms with E-state index in [2.05, 4.69) is 20.9 Å². The van der Waals surface area contributed by atoms with Gasteiger partial charge in [0.15, 0.2) is 15.0 Å². The van der Waals surface area contributed by atoms with Crippen LogP contribution in [0.5, 0.6) is 0 Å². The zero-order valence-corrected chi connectivity index (χ0v) is 16.9. The van der Waals surface area contributed by atoms with Crippen molar-refractivity contribution in [2.24, 2.45) is 4.99 Å². The molecular weight excluding hydrogens is 439 g/mol. The van der Waals surface area contributed by atoms with E-state index in [-0.39, 0.29) is 29.4 Å². The first-order chi connectivity index (χ1) is 12.4. The summed E-state index contributed by atoms with van der Waals surface area (Å²) in [6.45, 7) is 0. The lowest BCUT2D eigenvalue weighted by Gasteiger charge is -2.26. The van der Waals surface area contributed by atoms with Crippen LogP contribution < -0.4 is 4.90 Å². The van der Waals surface area contributed by atoms with Crippen molar-refractivity contribution >= 4 is 48.4 Å². The predicted octanol–water partition coefficient (Wildman–Crippen LogP) is 3.86. The van der Waals surface area contributed by atoms with Crippen molar-refractivity contribution in [1.82, 2.24) is 0 Å². The normalized spacial score (nSPS) is 23.8. The van der Waals surface area contributed by atoms with Crippen LogP contribution in [0.4, 0.5) is 10.1 Å². The highest BCUT2D eigenvalue weighted by Crippen LogP contribution is 2.37. The minimum Gasteiger partial charge on any atom is -0.312 e. The van der Waals surface area contributed by atoms with Gasteiger partial charge in [0.1, 0.15) is 5.82 Å². The molecule has 2 aromatic carbocycles. The summed E-state index contributed by atoms with van der Waals surface area (Å²) in [5.74, 6) is 0.362. The monoisotopic (exact) mass is 454 g/mol. The van der Waals surface area contributed by atoms with Crippen molar-refractivity contribution in [3.05, 3.63) is 64.4 Å². The highest BCUT2D eigenvalue weighted by atomic mass is 79.9. The van der Waals surface area contributed by atoms with Gasteiger partial charge in [-0.3, -0.25) is 4.99 Å². The van der Waals surface area contributed by atoms with E-state index in [0.717, 1.165) is 10.0 Å². The summed E-state index contributed by atoms with van der Waals surface area (Å²) in [6, 6.07) is 13.8. The number of rotatable bonds is 3. The highest BCUT2D eigenvalue weighted by Gasteiger charge is 2.47. The maximum Gasteiger partial charge on any atom is 0.164 e. The van der Waals surface area contributed by atoms with Gasteiger partial charge in [-0.15, -0.1) is 0 Å². The van der Waals surface area contributed by atoms with Crippen LogP contribution in [-0.4, -0.2) is 37.2 Å². The third-order valence-corrected chi connectivity index (χ3v) is 7.77. The van der Waals surface area contributed by atoms with E-state index in [1.165, 1.54) is 17.8 Å². The van der Waals surface area contributed by atoms with Crippen LogP contribution in [0, 0.1) is 5.82 Å². The molecule has 0 bridgehead atoms. The number of aliphatic imine (C=N–C) groups is 1. The minimum atomic E-state index is -3.14. The van der Waals surface area contributed by atoms with Gasteiger partial charge in [-0.25, -0.2) is 12.8 Å². The lowest BCUT2D eigenvalue weighted by atomic mass is 10.1. The molecule has 0 aliphatic carbocycles. The topological polar surface area (TPSA) is 49.7 Å². The third-order valence-electron chi connectivity index (χ3n) is 4.50. The quantitative estimate of drug-likeness (QED) is 0.706. The SMILES string of the molecule is O=S1(=O)C[C@@H]2N=C(SCc3ccc(Br)cc3)N(c3ccccc3F)[C@@H]2C1. The molecule has 0 spiro atoms. The van der Waals surface area contributed by atoms with Crippen LogP contribution in [0.1, 0.15) is 5.56 Å². The van der Waals surface area contributed by atoms with Gasteiger partial charge in [0.25, 0.3) is 0 Å².